The normalized spacial score (nSPS) is 14.2. The molecule has 24 heavy (non-hydrogen) atoms. The fourth-order valence-electron chi connectivity index (χ4n) is 2.42. The van der Waals surface area contributed by atoms with Crippen molar-refractivity contribution in [2.45, 2.75) is 6.92 Å². The van der Waals surface area contributed by atoms with Crippen LogP contribution in [0.15, 0.2) is 48.2 Å². The van der Waals surface area contributed by atoms with Crippen LogP contribution >= 0.6 is 0 Å². The van der Waals surface area contributed by atoms with E-state index in [4.69, 9.17) is 9.47 Å². The molecule has 0 saturated carbocycles. The van der Waals surface area contributed by atoms with Crippen LogP contribution in [0.4, 0.5) is 0 Å². The minimum atomic E-state index is -0.475. The summed E-state index contributed by atoms with van der Waals surface area (Å²) in [7, 11) is 1.30. The van der Waals surface area contributed by atoms with Gasteiger partial charge in [-0.15, -0.1) is 0 Å². The van der Waals surface area contributed by atoms with Crippen molar-refractivity contribution in [1.82, 2.24) is 0 Å². The second kappa shape index (κ2) is 6.58. The molecule has 0 aromatic heterocycles. The van der Waals surface area contributed by atoms with Crippen LogP contribution in [-0.2, 0) is 9.53 Å². The first-order chi connectivity index (χ1) is 11.6. The summed E-state index contributed by atoms with van der Waals surface area (Å²) in [6.45, 7) is 1.58. The quantitative estimate of drug-likeness (QED) is 0.638. The van der Waals surface area contributed by atoms with Gasteiger partial charge >= 0.3 is 5.97 Å². The number of Topliss-reactive ketones (excluding diaryl/α,β-unsaturated/α-hetero) is 1. The molecule has 5 nitrogen and oxygen atoms in total. The molecule has 0 atom stereocenters. The Hall–Kier alpha value is -3.08. The predicted octanol–water partition coefficient (Wildman–Crippen LogP) is 3.16. The number of carbonyl (C=O) groups is 2. The van der Waals surface area contributed by atoms with Crippen LogP contribution in [0.2, 0.25) is 0 Å². The molecule has 3 rings (SSSR count). The van der Waals surface area contributed by atoms with Crippen molar-refractivity contribution in [3.63, 3.8) is 0 Å². The highest BCUT2D eigenvalue weighted by atomic mass is 16.6. The molecular weight excluding hydrogens is 308 g/mol. The van der Waals surface area contributed by atoms with Gasteiger partial charge in [0.15, 0.2) is 12.4 Å². The van der Waals surface area contributed by atoms with Gasteiger partial charge in [0.25, 0.3) is 0 Å². The lowest BCUT2D eigenvalue weighted by molar-refractivity contribution is -0.142. The van der Waals surface area contributed by atoms with Gasteiger partial charge in [0.2, 0.25) is 5.78 Å². The van der Waals surface area contributed by atoms with Crippen molar-refractivity contribution in [2.24, 2.45) is 0 Å². The van der Waals surface area contributed by atoms with E-state index >= 15 is 0 Å². The minimum absolute atomic E-state index is 0.170. The summed E-state index contributed by atoms with van der Waals surface area (Å²) in [6.07, 6.45) is 1.71. The number of methoxy groups -OCH3 is 1. The van der Waals surface area contributed by atoms with E-state index < -0.39 is 5.97 Å². The Morgan fingerprint density at radius 3 is 2.62 bits per heavy atom. The number of carbonyl (C=O) groups excluding carboxylic acids is 2. The SMILES string of the molecule is COC(=O)COc1ccc2c(c1C)O/C(=C\c1ccccc1)C2=O. The molecule has 0 spiro atoms. The maximum atomic E-state index is 12.5. The van der Waals surface area contributed by atoms with Gasteiger partial charge in [-0.2, -0.15) is 0 Å². The van der Waals surface area contributed by atoms with E-state index in [1.165, 1.54) is 7.11 Å². The summed E-state index contributed by atoms with van der Waals surface area (Å²) >= 11 is 0. The zero-order valence-electron chi connectivity index (χ0n) is 13.4. The molecule has 0 radical (unpaired) electrons. The van der Waals surface area contributed by atoms with Gasteiger partial charge in [-0.3, -0.25) is 4.79 Å². The minimum Gasteiger partial charge on any atom is -0.481 e. The van der Waals surface area contributed by atoms with E-state index in [0.29, 0.717) is 22.6 Å². The summed E-state index contributed by atoms with van der Waals surface area (Å²) in [6, 6.07) is 12.8. The highest BCUT2D eigenvalue weighted by molar-refractivity contribution is 6.14. The molecule has 1 aliphatic rings. The molecule has 1 heterocycles. The molecular formula is C19H16O5. The van der Waals surface area contributed by atoms with Crippen molar-refractivity contribution < 1.29 is 23.8 Å². The Balaban J connectivity index is 1.87. The summed E-state index contributed by atoms with van der Waals surface area (Å²) in [5, 5.41) is 0. The Kier molecular flexibility index (Phi) is 4.33. The number of esters is 1. The van der Waals surface area contributed by atoms with Crippen molar-refractivity contribution in [3.8, 4) is 11.5 Å². The van der Waals surface area contributed by atoms with E-state index in [0.717, 1.165) is 5.56 Å². The number of hydrogen-bond acceptors (Lipinski definition) is 5. The van der Waals surface area contributed by atoms with Crippen LogP contribution in [0.5, 0.6) is 11.5 Å². The second-order valence-electron chi connectivity index (χ2n) is 5.28. The van der Waals surface area contributed by atoms with E-state index in [-0.39, 0.29) is 18.1 Å². The molecule has 0 saturated heterocycles. The second-order valence-corrected chi connectivity index (χ2v) is 5.28. The first-order valence-corrected chi connectivity index (χ1v) is 7.42. The third kappa shape index (κ3) is 3.01. The van der Waals surface area contributed by atoms with Gasteiger partial charge in [-0.1, -0.05) is 30.3 Å². The molecule has 2 aromatic rings. The summed E-state index contributed by atoms with van der Waals surface area (Å²) in [5.74, 6) is 0.565. The molecule has 1 aliphatic heterocycles. The van der Waals surface area contributed by atoms with Gasteiger partial charge in [0, 0.05) is 5.56 Å². The average Bonchev–Trinajstić information content (AvgIpc) is 2.92. The summed E-state index contributed by atoms with van der Waals surface area (Å²) in [5.41, 5.74) is 2.04. The Morgan fingerprint density at radius 2 is 1.92 bits per heavy atom. The Morgan fingerprint density at radius 1 is 1.17 bits per heavy atom. The topological polar surface area (TPSA) is 61.8 Å². The van der Waals surface area contributed by atoms with Crippen molar-refractivity contribution in [2.75, 3.05) is 13.7 Å². The predicted molar refractivity (Wildman–Crippen MR) is 88.1 cm³/mol. The van der Waals surface area contributed by atoms with Crippen molar-refractivity contribution >= 4 is 17.8 Å². The zero-order valence-corrected chi connectivity index (χ0v) is 13.4. The Labute approximate surface area is 139 Å². The van der Waals surface area contributed by atoms with Gasteiger partial charge in [0.1, 0.15) is 11.5 Å². The molecule has 0 bridgehead atoms. The Bertz CT molecular complexity index is 821. The zero-order chi connectivity index (χ0) is 17.1. The molecule has 0 amide bonds. The fraction of sp³-hybridized carbons (Fsp3) is 0.158. The first kappa shape index (κ1) is 15.8. The summed E-state index contributed by atoms with van der Waals surface area (Å²) < 4.78 is 15.7. The third-order valence-electron chi connectivity index (χ3n) is 3.71. The first-order valence-electron chi connectivity index (χ1n) is 7.42. The maximum absolute atomic E-state index is 12.5. The molecule has 0 fully saturated rings. The number of allylic oxidation sites excluding steroid dienone is 1. The van der Waals surface area contributed by atoms with Crippen molar-refractivity contribution in [1.29, 1.82) is 0 Å². The van der Waals surface area contributed by atoms with Gasteiger partial charge < -0.3 is 14.2 Å². The highest BCUT2D eigenvalue weighted by Crippen LogP contribution is 2.39. The molecule has 0 N–H and O–H groups in total. The molecule has 0 unspecified atom stereocenters. The van der Waals surface area contributed by atoms with Crippen molar-refractivity contribution in [3.05, 3.63) is 64.9 Å². The van der Waals surface area contributed by atoms with Crippen LogP contribution in [-0.4, -0.2) is 25.5 Å². The van der Waals surface area contributed by atoms with E-state index in [9.17, 15) is 9.59 Å². The van der Waals surface area contributed by atoms with E-state index in [1.807, 2.05) is 30.3 Å². The summed E-state index contributed by atoms with van der Waals surface area (Å²) in [4.78, 5) is 23.7. The van der Waals surface area contributed by atoms with Gasteiger partial charge in [0.05, 0.1) is 12.7 Å². The molecule has 122 valence electrons. The third-order valence-corrected chi connectivity index (χ3v) is 3.71. The molecule has 2 aromatic carbocycles. The van der Waals surface area contributed by atoms with Crippen LogP contribution in [0.1, 0.15) is 21.5 Å². The standard InChI is InChI=1S/C19H16O5/c1-12-15(23-11-17(20)22-2)9-8-14-18(21)16(24-19(12)14)10-13-6-4-3-5-7-13/h3-10H,11H2,1-2H3/b16-10-. The monoisotopic (exact) mass is 324 g/mol. The van der Waals surface area contributed by atoms with Crippen LogP contribution < -0.4 is 9.47 Å². The number of hydrogen-bond donors (Lipinski definition) is 0. The number of benzene rings is 2. The smallest absolute Gasteiger partial charge is 0.343 e. The highest BCUT2D eigenvalue weighted by Gasteiger charge is 2.30. The lowest BCUT2D eigenvalue weighted by Gasteiger charge is -2.10. The average molecular weight is 324 g/mol. The molecule has 5 heteroatoms. The van der Waals surface area contributed by atoms with Crippen LogP contribution in [0.3, 0.4) is 0 Å². The maximum Gasteiger partial charge on any atom is 0.343 e. The number of ether oxygens (including phenoxy) is 3. The van der Waals surface area contributed by atoms with Gasteiger partial charge in [-0.05, 0) is 30.7 Å². The lowest BCUT2D eigenvalue weighted by Crippen LogP contribution is -2.13. The van der Waals surface area contributed by atoms with E-state index in [2.05, 4.69) is 4.74 Å². The largest absolute Gasteiger partial charge is 0.481 e. The lowest BCUT2D eigenvalue weighted by atomic mass is 10.1. The number of ketones is 1. The fourth-order valence-corrected chi connectivity index (χ4v) is 2.42. The number of fused-ring (bicyclic) bond motifs is 1. The van der Waals surface area contributed by atoms with E-state index in [1.54, 1.807) is 25.1 Å². The molecule has 0 aliphatic carbocycles. The van der Waals surface area contributed by atoms with Crippen LogP contribution in [0.25, 0.3) is 6.08 Å². The number of rotatable bonds is 4. The van der Waals surface area contributed by atoms with Gasteiger partial charge in [-0.25, -0.2) is 4.79 Å². The van der Waals surface area contributed by atoms with Crippen LogP contribution in [0, 0.1) is 6.92 Å².